The lowest BCUT2D eigenvalue weighted by atomic mass is 9.98. The Labute approximate surface area is 108 Å². The summed E-state index contributed by atoms with van der Waals surface area (Å²) in [5.74, 6) is 0.403. The third-order valence-corrected chi connectivity index (χ3v) is 3.43. The summed E-state index contributed by atoms with van der Waals surface area (Å²) in [5.41, 5.74) is 6.95. The fourth-order valence-electron chi connectivity index (χ4n) is 2.34. The van der Waals surface area contributed by atoms with Crippen molar-refractivity contribution in [2.45, 2.75) is 19.4 Å². The third-order valence-electron chi connectivity index (χ3n) is 3.43. The molecule has 4 heteroatoms. The van der Waals surface area contributed by atoms with Crippen molar-refractivity contribution in [3.8, 4) is 0 Å². The minimum absolute atomic E-state index is 0.366. The van der Waals surface area contributed by atoms with E-state index in [4.69, 9.17) is 5.73 Å². The summed E-state index contributed by atoms with van der Waals surface area (Å²) >= 11 is 0. The number of carbonyl (C=O) groups excluding carboxylic acids is 1. The number of nitrogens with one attached hydrogen (secondary N) is 2. The van der Waals surface area contributed by atoms with Crippen LogP contribution < -0.4 is 16.4 Å². The first-order valence-corrected chi connectivity index (χ1v) is 6.56. The Kier molecular flexibility index (Phi) is 4.73. The van der Waals surface area contributed by atoms with Gasteiger partial charge in [-0.05, 0) is 56.1 Å². The molecule has 0 saturated carbocycles. The topological polar surface area (TPSA) is 67.2 Å². The van der Waals surface area contributed by atoms with E-state index < -0.39 is 0 Å². The first-order valence-electron chi connectivity index (χ1n) is 6.56. The minimum Gasteiger partial charge on any atom is -0.366 e. The van der Waals surface area contributed by atoms with Gasteiger partial charge in [-0.2, -0.15) is 0 Å². The van der Waals surface area contributed by atoms with E-state index in [9.17, 15) is 4.79 Å². The molecule has 1 aromatic rings. The van der Waals surface area contributed by atoms with E-state index in [2.05, 4.69) is 10.6 Å². The van der Waals surface area contributed by atoms with E-state index in [1.165, 1.54) is 12.8 Å². The van der Waals surface area contributed by atoms with Gasteiger partial charge in [0.1, 0.15) is 0 Å². The summed E-state index contributed by atoms with van der Waals surface area (Å²) in [6.45, 7) is 4.10. The van der Waals surface area contributed by atoms with Crippen molar-refractivity contribution in [1.29, 1.82) is 0 Å². The van der Waals surface area contributed by atoms with Crippen LogP contribution >= 0.6 is 0 Å². The zero-order valence-electron chi connectivity index (χ0n) is 10.6. The van der Waals surface area contributed by atoms with Crippen LogP contribution in [0.25, 0.3) is 0 Å². The largest absolute Gasteiger partial charge is 0.366 e. The van der Waals surface area contributed by atoms with E-state index >= 15 is 0 Å². The highest BCUT2D eigenvalue weighted by Gasteiger charge is 2.12. The number of nitrogens with two attached hydrogens (primary N) is 1. The van der Waals surface area contributed by atoms with Crippen molar-refractivity contribution < 1.29 is 4.79 Å². The first kappa shape index (κ1) is 13.1. The third kappa shape index (κ3) is 3.82. The molecule has 0 aromatic heterocycles. The number of hydrogen-bond acceptors (Lipinski definition) is 3. The van der Waals surface area contributed by atoms with Gasteiger partial charge in [-0.25, -0.2) is 0 Å². The number of amides is 1. The molecule has 1 aliphatic rings. The zero-order valence-corrected chi connectivity index (χ0v) is 10.6. The van der Waals surface area contributed by atoms with Crippen LogP contribution in [-0.4, -0.2) is 25.5 Å². The van der Waals surface area contributed by atoms with E-state index in [0.29, 0.717) is 5.56 Å². The molecule has 18 heavy (non-hydrogen) atoms. The van der Waals surface area contributed by atoms with Crippen LogP contribution in [0.3, 0.4) is 0 Å². The Morgan fingerprint density at radius 2 is 2.17 bits per heavy atom. The fourth-order valence-corrected chi connectivity index (χ4v) is 2.34. The standard InChI is InChI=1S/C14H21N3O/c15-14(18)13-3-1-2-12(8-13)10-17-9-11-4-6-16-7-5-11/h1-3,8,11,16-17H,4-7,9-10H2,(H2,15,18). The maximum absolute atomic E-state index is 11.1. The van der Waals surface area contributed by atoms with Crippen LogP contribution in [-0.2, 0) is 6.54 Å². The van der Waals surface area contributed by atoms with Crippen molar-refractivity contribution in [2.24, 2.45) is 11.7 Å². The van der Waals surface area contributed by atoms with E-state index in [0.717, 1.165) is 37.7 Å². The SMILES string of the molecule is NC(=O)c1cccc(CNCC2CCNCC2)c1. The van der Waals surface area contributed by atoms with Gasteiger partial charge in [-0.3, -0.25) is 4.79 Å². The van der Waals surface area contributed by atoms with Gasteiger partial charge < -0.3 is 16.4 Å². The van der Waals surface area contributed by atoms with Crippen molar-refractivity contribution in [1.82, 2.24) is 10.6 Å². The molecule has 0 bridgehead atoms. The predicted octanol–water partition coefficient (Wildman–Crippen LogP) is 0.875. The van der Waals surface area contributed by atoms with Crippen molar-refractivity contribution >= 4 is 5.91 Å². The average Bonchev–Trinajstić information content (AvgIpc) is 2.40. The van der Waals surface area contributed by atoms with Crippen molar-refractivity contribution in [3.63, 3.8) is 0 Å². The van der Waals surface area contributed by atoms with Crippen LogP contribution in [0.5, 0.6) is 0 Å². The molecule has 1 heterocycles. The molecular formula is C14H21N3O. The summed E-state index contributed by atoms with van der Waals surface area (Å²) in [7, 11) is 0. The van der Waals surface area contributed by atoms with Gasteiger partial charge in [0.15, 0.2) is 0 Å². The monoisotopic (exact) mass is 247 g/mol. The quantitative estimate of drug-likeness (QED) is 0.723. The van der Waals surface area contributed by atoms with Gasteiger partial charge in [0.05, 0.1) is 0 Å². The summed E-state index contributed by atoms with van der Waals surface area (Å²) in [5, 5.41) is 6.82. The molecule has 0 aliphatic carbocycles. The van der Waals surface area contributed by atoms with E-state index in [-0.39, 0.29) is 5.91 Å². The molecule has 1 fully saturated rings. The highest BCUT2D eigenvalue weighted by molar-refractivity contribution is 5.92. The Bertz CT molecular complexity index is 400. The van der Waals surface area contributed by atoms with Crippen LogP contribution in [0, 0.1) is 5.92 Å². The molecular weight excluding hydrogens is 226 g/mol. The van der Waals surface area contributed by atoms with Gasteiger partial charge in [-0.15, -0.1) is 0 Å². The summed E-state index contributed by atoms with van der Waals surface area (Å²) in [6, 6.07) is 7.50. The average molecular weight is 247 g/mol. The second kappa shape index (κ2) is 6.52. The molecule has 0 radical (unpaired) electrons. The Hall–Kier alpha value is -1.39. The lowest BCUT2D eigenvalue weighted by Crippen LogP contribution is -2.33. The number of piperidine rings is 1. The molecule has 2 rings (SSSR count). The maximum atomic E-state index is 11.1. The molecule has 98 valence electrons. The second-order valence-corrected chi connectivity index (χ2v) is 4.89. The van der Waals surface area contributed by atoms with Crippen LogP contribution in [0.2, 0.25) is 0 Å². The number of rotatable bonds is 5. The maximum Gasteiger partial charge on any atom is 0.248 e. The normalized spacial score (nSPS) is 16.7. The molecule has 1 aliphatic heterocycles. The molecule has 0 spiro atoms. The minimum atomic E-state index is -0.366. The number of benzene rings is 1. The van der Waals surface area contributed by atoms with Crippen molar-refractivity contribution in [3.05, 3.63) is 35.4 Å². The van der Waals surface area contributed by atoms with Crippen LogP contribution in [0.4, 0.5) is 0 Å². The summed E-state index contributed by atoms with van der Waals surface area (Å²) in [6.07, 6.45) is 2.49. The zero-order chi connectivity index (χ0) is 12.8. The van der Waals surface area contributed by atoms with Gasteiger partial charge >= 0.3 is 0 Å². The molecule has 1 saturated heterocycles. The van der Waals surface area contributed by atoms with Gasteiger partial charge in [0.25, 0.3) is 0 Å². The predicted molar refractivity (Wildman–Crippen MR) is 72.3 cm³/mol. The van der Waals surface area contributed by atoms with Crippen LogP contribution in [0.1, 0.15) is 28.8 Å². The molecule has 4 nitrogen and oxygen atoms in total. The lowest BCUT2D eigenvalue weighted by molar-refractivity contribution is 0.1000. The van der Waals surface area contributed by atoms with E-state index in [1.807, 2.05) is 18.2 Å². The van der Waals surface area contributed by atoms with Gasteiger partial charge in [0, 0.05) is 12.1 Å². The molecule has 1 aromatic carbocycles. The smallest absolute Gasteiger partial charge is 0.248 e. The molecule has 0 atom stereocenters. The highest BCUT2D eigenvalue weighted by Crippen LogP contribution is 2.10. The summed E-state index contributed by atoms with van der Waals surface area (Å²) < 4.78 is 0. The number of carbonyl (C=O) groups is 1. The van der Waals surface area contributed by atoms with E-state index in [1.54, 1.807) is 6.07 Å². The van der Waals surface area contributed by atoms with Gasteiger partial charge in [0.2, 0.25) is 5.91 Å². The Balaban J connectivity index is 1.78. The molecule has 0 unspecified atom stereocenters. The first-order chi connectivity index (χ1) is 8.75. The lowest BCUT2D eigenvalue weighted by Gasteiger charge is -2.22. The molecule has 4 N–H and O–H groups in total. The highest BCUT2D eigenvalue weighted by atomic mass is 16.1. The van der Waals surface area contributed by atoms with Crippen molar-refractivity contribution in [2.75, 3.05) is 19.6 Å². The molecule has 1 amide bonds. The number of primary amides is 1. The van der Waals surface area contributed by atoms with Crippen LogP contribution in [0.15, 0.2) is 24.3 Å². The Morgan fingerprint density at radius 3 is 2.89 bits per heavy atom. The summed E-state index contributed by atoms with van der Waals surface area (Å²) in [4.78, 5) is 11.1. The number of hydrogen-bond donors (Lipinski definition) is 3. The Morgan fingerprint density at radius 1 is 1.39 bits per heavy atom. The fraction of sp³-hybridized carbons (Fsp3) is 0.500. The second-order valence-electron chi connectivity index (χ2n) is 4.89. The van der Waals surface area contributed by atoms with Gasteiger partial charge in [-0.1, -0.05) is 12.1 Å².